The van der Waals surface area contributed by atoms with E-state index in [9.17, 15) is 12.8 Å². The number of anilines is 1. The fourth-order valence-corrected chi connectivity index (χ4v) is 4.24. The van der Waals surface area contributed by atoms with E-state index in [1.807, 2.05) is 0 Å². The Morgan fingerprint density at radius 1 is 1.08 bits per heavy atom. The third-order valence-corrected chi connectivity index (χ3v) is 5.87. The lowest BCUT2D eigenvalue weighted by Crippen LogP contribution is -2.13. The number of hydrogen-bond donors (Lipinski definition) is 1. The number of halogens is 4. The van der Waals surface area contributed by atoms with Gasteiger partial charge in [0.05, 0.1) is 23.5 Å². The molecule has 0 saturated heterocycles. The maximum atomic E-state index is 13.1. The van der Waals surface area contributed by atoms with Crippen LogP contribution in [0.2, 0.25) is 15.1 Å². The Morgan fingerprint density at radius 3 is 2.58 bits per heavy atom. The zero-order valence-electron chi connectivity index (χ0n) is 13.0. The van der Waals surface area contributed by atoms with E-state index in [0.717, 1.165) is 0 Å². The zero-order valence-corrected chi connectivity index (χ0v) is 16.0. The molecule has 0 aliphatic carbocycles. The number of hydrogen-bond acceptors (Lipinski definition) is 3. The van der Waals surface area contributed by atoms with E-state index >= 15 is 0 Å². The topological polar surface area (TPSA) is 64.0 Å². The summed E-state index contributed by atoms with van der Waals surface area (Å²) in [6, 6.07) is 8.18. The monoisotopic (exact) mass is 433 g/mol. The summed E-state index contributed by atoms with van der Waals surface area (Å²) in [5, 5.41) is 4.62. The molecule has 26 heavy (non-hydrogen) atoms. The first-order chi connectivity index (χ1) is 12.2. The summed E-state index contributed by atoms with van der Waals surface area (Å²) >= 11 is 17.8. The van der Waals surface area contributed by atoms with Crippen molar-refractivity contribution in [2.45, 2.75) is 11.4 Å². The van der Waals surface area contributed by atoms with Crippen LogP contribution in [0.15, 0.2) is 53.7 Å². The molecule has 0 saturated carbocycles. The van der Waals surface area contributed by atoms with Crippen LogP contribution in [0.3, 0.4) is 0 Å². The normalized spacial score (nSPS) is 11.5. The van der Waals surface area contributed by atoms with Crippen LogP contribution in [0.25, 0.3) is 0 Å². The minimum atomic E-state index is -3.94. The highest BCUT2D eigenvalue weighted by atomic mass is 35.5. The number of sulfonamides is 1. The minimum Gasteiger partial charge on any atom is -0.276 e. The quantitative estimate of drug-likeness (QED) is 0.625. The van der Waals surface area contributed by atoms with Gasteiger partial charge in [0, 0.05) is 16.2 Å². The van der Waals surface area contributed by atoms with Crippen molar-refractivity contribution in [3.8, 4) is 0 Å². The number of benzene rings is 2. The highest BCUT2D eigenvalue weighted by Crippen LogP contribution is 2.27. The molecule has 1 heterocycles. The molecular formula is C16H11Cl3FN3O2S. The average Bonchev–Trinajstić information content (AvgIpc) is 2.98. The molecule has 1 N–H and O–H groups in total. The summed E-state index contributed by atoms with van der Waals surface area (Å²) in [7, 11) is -3.94. The third-order valence-electron chi connectivity index (χ3n) is 3.42. The van der Waals surface area contributed by atoms with E-state index in [1.54, 1.807) is 0 Å². The Labute approximate surface area is 164 Å². The van der Waals surface area contributed by atoms with Crippen molar-refractivity contribution in [3.63, 3.8) is 0 Å². The zero-order chi connectivity index (χ0) is 18.9. The molecule has 10 heteroatoms. The summed E-state index contributed by atoms with van der Waals surface area (Å²) in [5.74, 6) is -0.439. The molecule has 0 aliphatic heterocycles. The molecule has 0 radical (unpaired) electrons. The van der Waals surface area contributed by atoms with Crippen LogP contribution in [0.4, 0.5) is 10.1 Å². The lowest BCUT2D eigenvalue weighted by molar-refractivity contribution is 0.601. The Balaban J connectivity index is 1.80. The Hall–Kier alpha value is -1.80. The van der Waals surface area contributed by atoms with Gasteiger partial charge in [0.2, 0.25) is 0 Å². The van der Waals surface area contributed by atoms with Crippen LogP contribution >= 0.6 is 34.8 Å². The molecule has 0 unspecified atom stereocenters. The van der Waals surface area contributed by atoms with Gasteiger partial charge in [0.15, 0.2) is 0 Å². The molecule has 2 aromatic carbocycles. The predicted molar refractivity (Wildman–Crippen MR) is 100 cm³/mol. The van der Waals surface area contributed by atoms with Gasteiger partial charge in [-0.15, -0.1) is 0 Å². The number of aromatic nitrogens is 2. The van der Waals surface area contributed by atoms with Gasteiger partial charge < -0.3 is 0 Å². The van der Waals surface area contributed by atoms with Gasteiger partial charge in [-0.1, -0.05) is 40.9 Å². The smallest absolute Gasteiger partial charge is 0.263 e. The lowest BCUT2D eigenvalue weighted by atomic mass is 10.2. The van der Waals surface area contributed by atoms with Crippen LogP contribution in [0.1, 0.15) is 5.56 Å². The average molecular weight is 435 g/mol. The van der Waals surface area contributed by atoms with Gasteiger partial charge in [0.1, 0.15) is 10.7 Å². The maximum absolute atomic E-state index is 13.1. The van der Waals surface area contributed by atoms with E-state index in [2.05, 4.69) is 9.82 Å². The van der Waals surface area contributed by atoms with Crippen molar-refractivity contribution in [3.05, 3.63) is 75.2 Å². The van der Waals surface area contributed by atoms with Gasteiger partial charge in [-0.25, -0.2) is 12.8 Å². The lowest BCUT2D eigenvalue weighted by Gasteiger charge is -2.08. The van der Waals surface area contributed by atoms with Crippen molar-refractivity contribution in [1.29, 1.82) is 0 Å². The maximum Gasteiger partial charge on any atom is 0.263 e. The van der Waals surface area contributed by atoms with E-state index < -0.39 is 15.8 Å². The SMILES string of the molecule is O=S(=O)(Nc1cnn(Cc2ccc(F)cc2Cl)c1)c1cc(Cl)ccc1Cl. The molecule has 136 valence electrons. The minimum absolute atomic E-state index is 0.0485. The molecule has 0 fully saturated rings. The molecule has 3 aromatic rings. The van der Waals surface area contributed by atoms with Crippen LogP contribution in [0, 0.1) is 5.82 Å². The van der Waals surface area contributed by atoms with Crippen LogP contribution < -0.4 is 4.72 Å². The van der Waals surface area contributed by atoms with Crippen LogP contribution in [-0.4, -0.2) is 18.2 Å². The third kappa shape index (κ3) is 4.29. The fraction of sp³-hybridized carbons (Fsp3) is 0.0625. The van der Waals surface area contributed by atoms with Crippen molar-refractivity contribution in [2.24, 2.45) is 0 Å². The summed E-state index contributed by atoms with van der Waals surface area (Å²) in [6.07, 6.45) is 2.82. The second-order valence-electron chi connectivity index (χ2n) is 5.34. The number of rotatable bonds is 5. The molecule has 0 aliphatic rings. The first-order valence-corrected chi connectivity index (χ1v) is 9.80. The molecule has 5 nitrogen and oxygen atoms in total. The predicted octanol–water partition coefficient (Wildman–Crippen LogP) is 4.83. The molecule has 0 spiro atoms. The molecule has 0 amide bonds. The first kappa shape index (κ1) is 19.0. The standard InChI is InChI=1S/C16H11Cl3FN3O2S/c17-11-2-4-14(18)16(5-11)26(24,25)22-13-7-21-23(9-13)8-10-1-3-12(20)6-15(10)19/h1-7,9,22H,8H2. The molecule has 0 atom stereocenters. The van der Waals surface area contributed by atoms with E-state index in [1.165, 1.54) is 53.5 Å². The van der Waals surface area contributed by atoms with Crippen molar-refractivity contribution in [2.75, 3.05) is 4.72 Å². The van der Waals surface area contributed by atoms with Gasteiger partial charge in [-0.2, -0.15) is 5.10 Å². The summed E-state index contributed by atoms with van der Waals surface area (Å²) in [4.78, 5) is -0.138. The van der Waals surface area contributed by atoms with Crippen LogP contribution in [-0.2, 0) is 16.6 Å². The molecular weight excluding hydrogens is 424 g/mol. The highest BCUT2D eigenvalue weighted by Gasteiger charge is 2.19. The molecule has 1 aromatic heterocycles. The number of nitrogens with zero attached hydrogens (tertiary/aromatic N) is 2. The van der Waals surface area contributed by atoms with E-state index in [0.29, 0.717) is 5.56 Å². The Bertz CT molecular complexity index is 1070. The Morgan fingerprint density at radius 2 is 1.85 bits per heavy atom. The second kappa shape index (κ2) is 7.44. The highest BCUT2D eigenvalue weighted by molar-refractivity contribution is 7.92. The largest absolute Gasteiger partial charge is 0.276 e. The van der Waals surface area contributed by atoms with Gasteiger partial charge >= 0.3 is 0 Å². The van der Waals surface area contributed by atoms with E-state index in [4.69, 9.17) is 34.8 Å². The summed E-state index contributed by atoms with van der Waals surface area (Å²) in [5.41, 5.74) is 0.878. The van der Waals surface area contributed by atoms with E-state index in [-0.39, 0.29) is 32.2 Å². The van der Waals surface area contributed by atoms with Crippen molar-refractivity contribution < 1.29 is 12.8 Å². The first-order valence-electron chi connectivity index (χ1n) is 7.19. The molecule has 3 rings (SSSR count). The van der Waals surface area contributed by atoms with Crippen LogP contribution in [0.5, 0.6) is 0 Å². The van der Waals surface area contributed by atoms with Gasteiger partial charge in [0.25, 0.3) is 10.0 Å². The van der Waals surface area contributed by atoms with Gasteiger partial charge in [-0.05, 0) is 35.9 Å². The Kier molecular flexibility index (Phi) is 5.43. The van der Waals surface area contributed by atoms with Crippen molar-refractivity contribution in [1.82, 2.24) is 9.78 Å². The molecule has 0 bridgehead atoms. The summed E-state index contributed by atoms with van der Waals surface area (Å²) < 4.78 is 41.9. The number of nitrogens with one attached hydrogen (secondary N) is 1. The second-order valence-corrected chi connectivity index (χ2v) is 8.24. The van der Waals surface area contributed by atoms with Gasteiger partial charge in [-0.3, -0.25) is 9.40 Å². The van der Waals surface area contributed by atoms with Crippen molar-refractivity contribution >= 4 is 50.5 Å². The fourth-order valence-electron chi connectivity index (χ4n) is 2.22. The summed E-state index contributed by atoms with van der Waals surface area (Å²) in [6.45, 7) is 0.249.